The van der Waals surface area contributed by atoms with Crippen LogP contribution in [0.1, 0.15) is 15.4 Å². The lowest BCUT2D eigenvalue weighted by Crippen LogP contribution is -2.14. The minimum Gasteiger partial charge on any atom is -0.471 e. The van der Waals surface area contributed by atoms with Gasteiger partial charge in [-0.25, -0.2) is 9.48 Å². The zero-order valence-electron chi connectivity index (χ0n) is 12.8. The van der Waals surface area contributed by atoms with Crippen molar-refractivity contribution in [3.05, 3.63) is 69.6 Å². The minimum atomic E-state index is -0.707. The maximum absolute atomic E-state index is 11.9. The number of aromatic nitrogens is 2. The molecule has 0 unspecified atom stereocenters. The molecule has 0 bridgehead atoms. The summed E-state index contributed by atoms with van der Waals surface area (Å²) in [5, 5.41) is 10.1. The van der Waals surface area contributed by atoms with Crippen LogP contribution in [0.5, 0.6) is 5.75 Å². The lowest BCUT2D eigenvalue weighted by Gasteiger charge is -2.06. The zero-order valence-corrected chi connectivity index (χ0v) is 14.4. The van der Waals surface area contributed by atoms with Crippen LogP contribution in [0.15, 0.2) is 59.2 Å². The van der Waals surface area contributed by atoms with Crippen molar-refractivity contribution in [2.24, 2.45) is 10.9 Å². The highest BCUT2D eigenvalue weighted by atomic mass is 35.5. The largest absolute Gasteiger partial charge is 0.471 e. The molecule has 7 nitrogen and oxygen atoms in total. The quantitative estimate of drug-likeness (QED) is 0.309. The average Bonchev–Trinajstić information content (AvgIpc) is 3.29. The van der Waals surface area contributed by atoms with E-state index in [4.69, 9.17) is 26.9 Å². The average molecular weight is 377 g/mol. The number of ether oxygens (including phenoxy) is 1. The van der Waals surface area contributed by atoms with Crippen molar-refractivity contribution >= 4 is 34.7 Å². The molecule has 3 aromatic rings. The van der Waals surface area contributed by atoms with Crippen LogP contribution in [0.3, 0.4) is 0 Å². The molecule has 0 radical (unpaired) electrons. The third kappa shape index (κ3) is 4.59. The second-order valence-electron chi connectivity index (χ2n) is 4.80. The minimum absolute atomic E-state index is 0.0948. The fourth-order valence-corrected chi connectivity index (χ4v) is 2.65. The fraction of sp³-hybridized carbons (Fsp3) is 0.0625. The molecular weight excluding hydrogens is 364 g/mol. The number of carbonyl (C=O) groups is 1. The molecule has 25 heavy (non-hydrogen) atoms. The van der Waals surface area contributed by atoms with E-state index in [2.05, 4.69) is 10.3 Å². The van der Waals surface area contributed by atoms with E-state index in [0.29, 0.717) is 15.6 Å². The SMILES string of the molecule is N/C(=N\OC(=O)c1ccn(COc2cccc(Cl)c2)n1)c1cccs1. The third-order valence-corrected chi connectivity index (χ3v) is 4.14. The highest BCUT2D eigenvalue weighted by molar-refractivity contribution is 7.12. The Morgan fingerprint density at radius 3 is 2.96 bits per heavy atom. The molecule has 0 atom stereocenters. The molecule has 0 spiro atoms. The van der Waals surface area contributed by atoms with Gasteiger partial charge in [-0.05, 0) is 35.7 Å². The van der Waals surface area contributed by atoms with E-state index in [1.165, 1.54) is 22.1 Å². The summed E-state index contributed by atoms with van der Waals surface area (Å²) in [4.78, 5) is 17.5. The smallest absolute Gasteiger partial charge is 0.385 e. The van der Waals surface area contributed by atoms with E-state index < -0.39 is 5.97 Å². The molecule has 0 aliphatic carbocycles. The Bertz CT molecular complexity index is 892. The van der Waals surface area contributed by atoms with E-state index in [0.717, 1.165) is 0 Å². The second-order valence-corrected chi connectivity index (χ2v) is 6.19. The van der Waals surface area contributed by atoms with Crippen molar-refractivity contribution in [1.29, 1.82) is 0 Å². The predicted octanol–water partition coefficient (Wildman–Crippen LogP) is 3.11. The van der Waals surface area contributed by atoms with Crippen LogP contribution in [-0.4, -0.2) is 21.6 Å². The molecule has 0 aliphatic rings. The Morgan fingerprint density at radius 1 is 1.32 bits per heavy atom. The number of thiophene rings is 1. The van der Waals surface area contributed by atoms with Crippen molar-refractivity contribution in [1.82, 2.24) is 9.78 Å². The third-order valence-electron chi connectivity index (χ3n) is 3.01. The first-order valence-electron chi connectivity index (χ1n) is 7.12. The maximum atomic E-state index is 11.9. The Kier molecular flexibility index (Phi) is 5.32. The molecule has 0 fully saturated rings. The molecule has 2 aromatic heterocycles. The first-order chi connectivity index (χ1) is 12.1. The molecule has 2 heterocycles. The van der Waals surface area contributed by atoms with Crippen LogP contribution in [-0.2, 0) is 11.6 Å². The van der Waals surface area contributed by atoms with Gasteiger partial charge in [0, 0.05) is 11.2 Å². The molecule has 3 rings (SSSR count). The van der Waals surface area contributed by atoms with Crippen LogP contribution in [0.4, 0.5) is 0 Å². The van der Waals surface area contributed by atoms with Crippen molar-refractivity contribution in [3.63, 3.8) is 0 Å². The number of benzene rings is 1. The number of hydrogen-bond acceptors (Lipinski definition) is 6. The lowest BCUT2D eigenvalue weighted by molar-refractivity contribution is 0.0507. The van der Waals surface area contributed by atoms with Gasteiger partial charge in [0.25, 0.3) is 0 Å². The summed E-state index contributed by atoms with van der Waals surface area (Å²) < 4.78 is 6.98. The van der Waals surface area contributed by atoms with Gasteiger partial charge in [0.15, 0.2) is 18.3 Å². The molecule has 0 aliphatic heterocycles. The first kappa shape index (κ1) is 17.0. The van der Waals surface area contributed by atoms with Gasteiger partial charge in [-0.1, -0.05) is 28.9 Å². The highest BCUT2D eigenvalue weighted by Gasteiger charge is 2.12. The maximum Gasteiger partial charge on any atom is 0.385 e. The summed E-state index contributed by atoms with van der Waals surface area (Å²) in [7, 11) is 0. The fourth-order valence-electron chi connectivity index (χ4n) is 1.85. The summed E-state index contributed by atoms with van der Waals surface area (Å²) in [6, 6.07) is 12.1. The molecule has 2 N–H and O–H groups in total. The number of amidine groups is 1. The van der Waals surface area contributed by atoms with Crippen LogP contribution in [0.25, 0.3) is 0 Å². The van der Waals surface area contributed by atoms with Gasteiger partial charge in [-0.3, -0.25) is 0 Å². The Morgan fingerprint density at radius 2 is 2.20 bits per heavy atom. The summed E-state index contributed by atoms with van der Waals surface area (Å²) in [6.45, 7) is 0.119. The first-order valence-corrected chi connectivity index (χ1v) is 8.38. The molecule has 128 valence electrons. The van der Waals surface area contributed by atoms with Crippen LogP contribution in [0.2, 0.25) is 5.02 Å². The normalized spacial score (nSPS) is 11.3. The monoisotopic (exact) mass is 376 g/mol. The van der Waals surface area contributed by atoms with Gasteiger partial charge in [-0.2, -0.15) is 5.10 Å². The van der Waals surface area contributed by atoms with Gasteiger partial charge in [0.05, 0.1) is 4.88 Å². The molecular formula is C16H13ClN4O3S. The van der Waals surface area contributed by atoms with E-state index in [1.807, 2.05) is 11.4 Å². The standard InChI is InChI=1S/C16H13ClN4O3S/c17-11-3-1-4-12(9-11)23-10-21-7-6-13(19-21)16(22)24-20-15(18)14-5-2-8-25-14/h1-9H,10H2,(H2,18,20). The Balaban J connectivity index is 1.57. The lowest BCUT2D eigenvalue weighted by atomic mass is 10.3. The number of nitrogens with zero attached hydrogens (tertiary/aromatic N) is 3. The van der Waals surface area contributed by atoms with Crippen molar-refractivity contribution in [3.8, 4) is 5.75 Å². The van der Waals surface area contributed by atoms with Crippen molar-refractivity contribution in [2.45, 2.75) is 6.73 Å². The molecule has 0 saturated heterocycles. The summed E-state index contributed by atoms with van der Waals surface area (Å²) >= 11 is 7.28. The van der Waals surface area contributed by atoms with Gasteiger partial charge < -0.3 is 15.3 Å². The van der Waals surface area contributed by atoms with E-state index >= 15 is 0 Å². The molecule has 0 saturated carbocycles. The van der Waals surface area contributed by atoms with Gasteiger partial charge in [-0.15, -0.1) is 11.3 Å². The van der Waals surface area contributed by atoms with Gasteiger partial charge in [0.2, 0.25) is 0 Å². The summed E-state index contributed by atoms with van der Waals surface area (Å²) in [5.74, 6) is 0.0218. The zero-order chi connectivity index (χ0) is 17.6. The summed E-state index contributed by atoms with van der Waals surface area (Å²) in [6.07, 6.45) is 1.59. The van der Waals surface area contributed by atoms with Crippen LogP contribution in [0, 0.1) is 0 Å². The predicted molar refractivity (Wildman–Crippen MR) is 94.8 cm³/mol. The molecule has 9 heteroatoms. The van der Waals surface area contributed by atoms with E-state index in [1.54, 1.807) is 36.5 Å². The number of halogens is 1. The Hall–Kier alpha value is -2.84. The second kappa shape index (κ2) is 7.82. The van der Waals surface area contributed by atoms with Crippen LogP contribution >= 0.6 is 22.9 Å². The van der Waals surface area contributed by atoms with E-state index in [-0.39, 0.29) is 18.3 Å². The van der Waals surface area contributed by atoms with Gasteiger partial charge in [0.1, 0.15) is 5.75 Å². The number of carbonyl (C=O) groups excluding carboxylic acids is 1. The van der Waals surface area contributed by atoms with Crippen molar-refractivity contribution in [2.75, 3.05) is 0 Å². The number of hydrogen-bond donors (Lipinski definition) is 1. The summed E-state index contributed by atoms with van der Waals surface area (Å²) in [5.41, 5.74) is 5.82. The van der Waals surface area contributed by atoms with E-state index in [9.17, 15) is 4.79 Å². The molecule has 1 aromatic carbocycles. The van der Waals surface area contributed by atoms with Crippen molar-refractivity contribution < 1.29 is 14.4 Å². The number of oxime groups is 1. The topological polar surface area (TPSA) is 91.7 Å². The molecule has 0 amide bonds. The van der Waals surface area contributed by atoms with Gasteiger partial charge >= 0.3 is 5.97 Å². The highest BCUT2D eigenvalue weighted by Crippen LogP contribution is 2.17. The number of rotatable bonds is 6. The Labute approximate surface area is 152 Å². The van der Waals surface area contributed by atoms with Crippen LogP contribution < -0.4 is 10.5 Å². The number of nitrogens with two attached hydrogens (primary N) is 1.